The minimum atomic E-state index is -2.65. The molecule has 0 fully saturated rings. The van der Waals surface area contributed by atoms with Crippen LogP contribution in [0.1, 0.15) is 24.3 Å². The van der Waals surface area contributed by atoms with Gasteiger partial charge in [-0.15, -0.1) is 0 Å². The predicted octanol–water partition coefficient (Wildman–Crippen LogP) is 0.405. The van der Waals surface area contributed by atoms with Gasteiger partial charge in [-0.05, 0) is 6.37 Å². The van der Waals surface area contributed by atoms with Gasteiger partial charge in [0.15, 0.2) is 0 Å². The number of ether oxygens (including phenoxy) is 3. The van der Waals surface area contributed by atoms with Crippen LogP contribution < -0.4 is 5.73 Å². The van der Waals surface area contributed by atoms with Crippen LogP contribution in [0.5, 0.6) is 0 Å². The second-order valence-electron chi connectivity index (χ2n) is 1.91. The van der Waals surface area contributed by atoms with Crippen molar-refractivity contribution >= 4 is 0 Å². The fourth-order valence-corrected chi connectivity index (χ4v) is 0.519. The lowest BCUT2D eigenvalue weighted by Crippen LogP contribution is -2.13. The molecule has 0 aliphatic heterocycles. The van der Waals surface area contributed by atoms with E-state index in [0.717, 1.165) is 6.92 Å². The van der Waals surface area contributed by atoms with Gasteiger partial charge in [0.2, 0.25) is 0 Å². The Kier molecular flexibility index (Phi) is 4.16. The van der Waals surface area contributed by atoms with Gasteiger partial charge in [-0.2, -0.15) is 0 Å². The number of hydrogen-bond donors (Lipinski definition) is 1. The molecule has 0 bridgehead atoms. The zero-order valence-electron chi connectivity index (χ0n) is 15.6. The van der Waals surface area contributed by atoms with E-state index in [1.54, 1.807) is 0 Å². The monoisotopic (exact) mass is 199 g/mol. The maximum Gasteiger partial charge on any atom is 0.0701 e. The third-order valence-electron chi connectivity index (χ3n) is 0.965. The van der Waals surface area contributed by atoms with E-state index in [4.69, 9.17) is 26.2 Å². The molecule has 0 saturated carbocycles. The van der Waals surface area contributed by atoms with Crippen molar-refractivity contribution in [3.8, 4) is 0 Å². The summed E-state index contributed by atoms with van der Waals surface area (Å²) in [6.07, 6.45) is -2.15. The summed E-state index contributed by atoms with van der Waals surface area (Å²) >= 11 is 0. The van der Waals surface area contributed by atoms with Crippen LogP contribution >= 0.6 is 0 Å². The Morgan fingerprint density at radius 1 is 1.00 bits per heavy atom. The second-order valence-corrected chi connectivity index (χ2v) is 1.91. The van der Waals surface area contributed by atoms with Crippen molar-refractivity contribution in [1.29, 1.82) is 0 Å². The summed E-state index contributed by atoms with van der Waals surface area (Å²) in [5, 5.41) is 0. The van der Waals surface area contributed by atoms with Gasteiger partial charge in [-0.1, -0.05) is 6.92 Å². The zero-order chi connectivity index (χ0) is 16.9. The van der Waals surface area contributed by atoms with Crippen LogP contribution in [0.2, 0.25) is 0 Å². The van der Waals surface area contributed by atoms with E-state index in [0.29, 0.717) is 0 Å². The molecule has 0 amide bonds. The molecule has 2 N–H and O–H groups in total. The second kappa shape index (κ2) is 11.8. The fraction of sp³-hybridized carbons (Fsp3) is 1.00. The normalized spacial score (nSPS) is 24.2. The van der Waals surface area contributed by atoms with Crippen LogP contribution in [0.15, 0.2) is 0 Å². The lowest BCUT2D eigenvalue weighted by atomic mass is 10.5. The number of nitrogens with two attached hydrogens (primary N) is 1. The third-order valence-corrected chi connectivity index (χ3v) is 0.965. The quantitative estimate of drug-likeness (QED) is 0.518. The maximum absolute atomic E-state index is 7.33. The van der Waals surface area contributed by atoms with Crippen molar-refractivity contribution < 1.29 is 25.2 Å². The van der Waals surface area contributed by atoms with Crippen LogP contribution in [-0.2, 0) is 14.2 Å². The highest BCUT2D eigenvalue weighted by molar-refractivity contribution is 4.34. The summed E-state index contributed by atoms with van der Waals surface area (Å²) in [6, 6.07) is 0. The Hall–Kier alpha value is -0.160. The standard InChI is InChI=1S/C9H21NO3/c1-2-4-11-6-8-13-9-7-12-5-3-10/h2-10H2,1H3/i2D2,3D2,4D2,5D2. The molecule has 0 aromatic heterocycles. The minimum absolute atomic E-state index is 0.0442. The summed E-state index contributed by atoms with van der Waals surface area (Å²) in [7, 11) is 0. The van der Waals surface area contributed by atoms with Gasteiger partial charge in [0.05, 0.1) is 38.5 Å². The van der Waals surface area contributed by atoms with Gasteiger partial charge in [0.25, 0.3) is 0 Å². The first-order chi connectivity index (χ1) is 9.21. The summed E-state index contributed by atoms with van der Waals surface area (Å²) < 4.78 is 71.9. The number of rotatable bonds is 10. The van der Waals surface area contributed by atoms with Gasteiger partial charge in [0, 0.05) is 18.5 Å². The van der Waals surface area contributed by atoms with E-state index in [2.05, 4.69) is 4.74 Å². The summed E-state index contributed by atoms with van der Waals surface area (Å²) in [6.45, 7) is -7.22. The molecule has 0 aromatic carbocycles. The molecule has 0 aliphatic rings. The lowest BCUT2D eigenvalue weighted by molar-refractivity contribution is 0.0161. The van der Waals surface area contributed by atoms with E-state index in [-0.39, 0.29) is 26.4 Å². The Labute approximate surface area is 91.6 Å². The lowest BCUT2D eigenvalue weighted by Gasteiger charge is -2.05. The molecule has 0 saturated heterocycles. The highest BCUT2D eigenvalue weighted by Gasteiger charge is 1.89. The Morgan fingerprint density at radius 3 is 2.08 bits per heavy atom. The first kappa shape index (κ1) is 4.57. The highest BCUT2D eigenvalue weighted by atomic mass is 16.5. The Morgan fingerprint density at radius 2 is 1.54 bits per heavy atom. The molecule has 0 unspecified atom stereocenters. The predicted molar refractivity (Wildman–Crippen MR) is 51.8 cm³/mol. The fourth-order valence-electron chi connectivity index (χ4n) is 0.519. The molecule has 4 heteroatoms. The van der Waals surface area contributed by atoms with Gasteiger partial charge in [-0.25, -0.2) is 0 Å². The van der Waals surface area contributed by atoms with Crippen LogP contribution in [-0.4, -0.2) is 46.0 Å². The van der Waals surface area contributed by atoms with E-state index < -0.39 is 26.0 Å². The first-order valence-corrected chi connectivity index (χ1v) is 3.85. The molecule has 4 nitrogen and oxygen atoms in total. The van der Waals surface area contributed by atoms with E-state index >= 15 is 0 Å². The number of hydrogen-bond acceptors (Lipinski definition) is 4. The Bertz CT molecular complexity index is 285. The molecule has 0 spiro atoms. The van der Waals surface area contributed by atoms with Crippen LogP contribution in [0, 0.1) is 0 Å². The van der Waals surface area contributed by atoms with Crippen molar-refractivity contribution in [2.24, 2.45) is 5.73 Å². The molecule has 0 atom stereocenters. The summed E-state index contributed by atoms with van der Waals surface area (Å²) in [5.74, 6) is 0. The highest BCUT2D eigenvalue weighted by Crippen LogP contribution is 1.82. The smallest absolute Gasteiger partial charge is 0.0701 e. The van der Waals surface area contributed by atoms with Crippen molar-refractivity contribution in [1.82, 2.24) is 0 Å². The van der Waals surface area contributed by atoms with E-state index in [1.807, 2.05) is 0 Å². The Balaban J connectivity index is 3.81. The summed E-state index contributed by atoms with van der Waals surface area (Å²) in [4.78, 5) is 0. The van der Waals surface area contributed by atoms with Crippen molar-refractivity contribution in [2.75, 3.05) is 46.0 Å². The van der Waals surface area contributed by atoms with Gasteiger partial charge in [0.1, 0.15) is 0 Å². The van der Waals surface area contributed by atoms with Crippen molar-refractivity contribution in [2.45, 2.75) is 13.3 Å². The maximum atomic E-state index is 7.33. The zero-order valence-corrected chi connectivity index (χ0v) is 7.63. The molecule has 13 heavy (non-hydrogen) atoms. The first-order valence-electron chi connectivity index (χ1n) is 7.85. The topological polar surface area (TPSA) is 53.7 Å². The average Bonchev–Trinajstić information content (AvgIpc) is 2.24. The van der Waals surface area contributed by atoms with E-state index in [1.165, 1.54) is 0 Å². The van der Waals surface area contributed by atoms with E-state index in [9.17, 15) is 0 Å². The molecule has 0 radical (unpaired) electrons. The molecule has 0 rings (SSSR count). The summed E-state index contributed by atoms with van der Waals surface area (Å²) in [5.41, 5.74) is 4.96. The van der Waals surface area contributed by atoms with Gasteiger partial charge in [-0.3, -0.25) is 0 Å². The van der Waals surface area contributed by atoms with Crippen LogP contribution in [0.3, 0.4) is 0 Å². The third kappa shape index (κ3) is 11.8. The van der Waals surface area contributed by atoms with Crippen LogP contribution in [0.4, 0.5) is 0 Å². The molecular formula is C9H21NO3. The molecule has 0 aliphatic carbocycles. The van der Waals surface area contributed by atoms with Crippen LogP contribution in [0.25, 0.3) is 0 Å². The van der Waals surface area contributed by atoms with Gasteiger partial charge >= 0.3 is 0 Å². The van der Waals surface area contributed by atoms with Gasteiger partial charge < -0.3 is 19.9 Å². The van der Waals surface area contributed by atoms with Crippen molar-refractivity contribution in [3.63, 3.8) is 0 Å². The molecule has 0 heterocycles. The average molecular weight is 199 g/mol. The molecular weight excluding hydrogens is 170 g/mol. The molecule has 80 valence electrons. The largest absolute Gasteiger partial charge is 0.379 e. The minimum Gasteiger partial charge on any atom is -0.379 e. The SMILES string of the molecule is [2H]C([2H])(C)C([2H])([2H])OCCOCCOC([2H])([2H])C([2H])([2H])N. The molecule has 0 aromatic rings. The van der Waals surface area contributed by atoms with Crippen molar-refractivity contribution in [3.05, 3.63) is 0 Å².